The van der Waals surface area contributed by atoms with Crippen LogP contribution >= 0.6 is 0 Å². The van der Waals surface area contributed by atoms with E-state index in [-0.39, 0.29) is 17.0 Å². The van der Waals surface area contributed by atoms with Gasteiger partial charge in [-0.25, -0.2) is 18.4 Å². The van der Waals surface area contributed by atoms with E-state index in [9.17, 15) is 26.9 Å². The molecule has 0 bridgehead atoms. The molecule has 7 rings (SSSR count). The van der Waals surface area contributed by atoms with Gasteiger partial charge in [0.25, 0.3) is 0 Å². The van der Waals surface area contributed by atoms with E-state index in [4.69, 9.17) is 0 Å². The molecule has 0 radical (unpaired) electrons. The molecule has 3 aliphatic rings. The second kappa shape index (κ2) is 14.2. The first-order chi connectivity index (χ1) is 24.7. The van der Waals surface area contributed by atoms with Gasteiger partial charge in [-0.3, -0.25) is 9.80 Å². The molecule has 0 aliphatic carbocycles. The standard InChI is InChI=1S/C38H47F3N8O2S/c1-27(46-16-18-49(19-17-46)52(3,50)51)23-48-25-31(22-42)35-28(2)30(5-7-34(35)48)24-45-12-8-37(9-13-45)10-14-47(15-11-37)36-32-6-4-29(21-38(39,40)41)20-33(32)43-26-44-36/h4-7,20,25-27H,8-19,21,23-24H2,1-3H3. The van der Waals surface area contributed by atoms with Crippen LogP contribution in [-0.2, 0) is 29.5 Å². The number of aromatic nitrogens is 3. The number of sulfonamides is 1. The summed E-state index contributed by atoms with van der Waals surface area (Å²) in [4.78, 5) is 16.0. The number of halogens is 3. The molecule has 2 aromatic carbocycles. The number of benzene rings is 2. The fraction of sp³-hybridized carbons (Fsp3) is 0.553. The van der Waals surface area contributed by atoms with E-state index in [0.717, 1.165) is 92.6 Å². The van der Waals surface area contributed by atoms with Crippen LogP contribution in [0, 0.1) is 23.7 Å². The van der Waals surface area contributed by atoms with Crippen LogP contribution < -0.4 is 4.90 Å². The van der Waals surface area contributed by atoms with Crippen LogP contribution in [0.2, 0.25) is 0 Å². The quantitative estimate of drug-likeness (QED) is 0.227. The Morgan fingerprint density at radius 3 is 2.31 bits per heavy atom. The van der Waals surface area contributed by atoms with Crippen molar-refractivity contribution in [3.05, 3.63) is 65.1 Å². The number of rotatable bonds is 8. The number of hydrogen-bond donors (Lipinski definition) is 0. The normalized spacial score (nSPS) is 20.1. The monoisotopic (exact) mass is 736 g/mol. The fourth-order valence-corrected chi connectivity index (χ4v) is 9.52. The predicted molar refractivity (Wildman–Crippen MR) is 197 cm³/mol. The topological polar surface area (TPSA) is 102 Å². The molecule has 10 nitrogen and oxygen atoms in total. The first-order valence-corrected chi connectivity index (χ1v) is 20.1. The summed E-state index contributed by atoms with van der Waals surface area (Å²) in [6.45, 7) is 12.0. The Morgan fingerprint density at radius 1 is 0.962 bits per heavy atom. The Hall–Kier alpha value is -3.77. The van der Waals surface area contributed by atoms with Crippen LogP contribution in [0.1, 0.15) is 54.9 Å². The van der Waals surface area contributed by atoms with E-state index >= 15 is 0 Å². The Kier molecular flexibility index (Phi) is 10.0. The summed E-state index contributed by atoms with van der Waals surface area (Å²) in [6, 6.07) is 11.8. The second-order valence-electron chi connectivity index (χ2n) is 15.2. The Balaban J connectivity index is 0.964. The van der Waals surface area contributed by atoms with E-state index < -0.39 is 22.6 Å². The molecule has 3 saturated heterocycles. The number of nitriles is 1. The molecule has 3 fully saturated rings. The zero-order valence-corrected chi connectivity index (χ0v) is 31.0. The second-order valence-corrected chi connectivity index (χ2v) is 17.2. The molecule has 4 aromatic rings. The highest BCUT2D eigenvalue weighted by atomic mass is 32.2. The lowest BCUT2D eigenvalue weighted by molar-refractivity contribution is -0.127. The van der Waals surface area contributed by atoms with Crippen LogP contribution in [0.15, 0.2) is 42.9 Å². The smallest absolute Gasteiger partial charge is 0.356 e. The van der Waals surface area contributed by atoms with Gasteiger partial charge in [0.05, 0.1) is 23.8 Å². The third-order valence-electron chi connectivity index (χ3n) is 11.9. The van der Waals surface area contributed by atoms with E-state index in [0.29, 0.717) is 37.3 Å². The van der Waals surface area contributed by atoms with Gasteiger partial charge in [0.15, 0.2) is 0 Å². The number of likely N-dealkylation sites (tertiary alicyclic amines) is 1. The highest BCUT2D eigenvalue weighted by molar-refractivity contribution is 7.88. The lowest BCUT2D eigenvalue weighted by Crippen LogP contribution is -2.51. The molecule has 1 spiro atoms. The van der Waals surface area contributed by atoms with Gasteiger partial charge in [0, 0.05) is 80.9 Å². The Labute approximate surface area is 303 Å². The molecular weight excluding hydrogens is 690 g/mol. The minimum atomic E-state index is -4.26. The molecule has 278 valence electrons. The molecule has 1 unspecified atom stereocenters. The van der Waals surface area contributed by atoms with Crippen LogP contribution in [-0.4, -0.2) is 108 Å². The summed E-state index contributed by atoms with van der Waals surface area (Å²) in [5.74, 6) is 0.800. The SMILES string of the molecule is Cc1c(CN2CCC3(CC2)CCN(c2ncnc4cc(CC(F)(F)F)ccc24)CC3)ccc2c1c(C#N)cn2CC(C)N1CCN(S(C)(=O)=O)CC1. The van der Waals surface area contributed by atoms with Gasteiger partial charge in [0.1, 0.15) is 18.2 Å². The number of hydrogen-bond acceptors (Lipinski definition) is 8. The van der Waals surface area contributed by atoms with Crippen molar-refractivity contribution in [2.45, 2.75) is 71.3 Å². The van der Waals surface area contributed by atoms with Gasteiger partial charge in [-0.05, 0) is 92.9 Å². The molecule has 52 heavy (non-hydrogen) atoms. The number of alkyl halides is 3. The predicted octanol–water partition coefficient (Wildman–Crippen LogP) is 5.72. The van der Waals surface area contributed by atoms with Crippen molar-refractivity contribution in [2.75, 3.05) is 63.5 Å². The van der Waals surface area contributed by atoms with Gasteiger partial charge in [0.2, 0.25) is 10.0 Å². The molecule has 2 aromatic heterocycles. The molecule has 1 atom stereocenters. The van der Waals surface area contributed by atoms with Gasteiger partial charge >= 0.3 is 6.18 Å². The highest BCUT2D eigenvalue weighted by Crippen LogP contribution is 2.43. The van der Waals surface area contributed by atoms with Crippen molar-refractivity contribution in [3.8, 4) is 6.07 Å². The third kappa shape index (κ3) is 7.64. The Bertz CT molecular complexity index is 2080. The fourth-order valence-electron chi connectivity index (χ4n) is 8.69. The molecule has 14 heteroatoms. The molecule has 0 amide bonds. The van der Waals surface area contributed by atoms with Crippen LogP contribution in [0.5, 0.6) is 0 Å². The minimum Gasteiger partial charge on any atom is -0.356 e. The van der Waals surface area contributed by atoms with E-state index in [1.807, 2.05) is 6.20 Å². The van der Waals surface area contributed by atoms with Gasteiger partial charge in [-0.15, -0.1) is 0 Å². The number of piperidine rings is 2. The van der Waals surface area contributed by atoms with Crippen LogP contribution in [0.4, 0.5) is 19.0 Å². The zero-order chi connectivity index (χ0) is 36.8. The van der Waals surface area contributed by atoms with Gasteiger partial charge < -0.3 is 9.47 Å². The summed E-state index contributed by atoms with van der Waals surface area (Å²) >= 11 is 0. The van der Waals surface area contributed by atoms with E-state index in [2.05, 4.69) is 61.3 Å². The van der Waals surface area contributed by atoms with E-state index in [1.165, 1.54) is 30.3 Å². The first kappa shape index (κ1) is 36.6. The molecule has 0 saturated carbocycles. The van der Waals surface area contributed by atoms with Crippen molar-refractivity contribution in [1.82, 2.24) is 28.6 Å². The molecular formula is C38H47F3N8O2S. The molecule has 3 aliphatic heterocycles. The van der Waals surface area contributed by atoms with Crippen molar-refractivity contribution >= 4 is 37.6 Å². The maximum atomic E-state index is 13.0. The third-order valence-corrected chi connectivity index (χ3v) is 13.2. The average Bonchev–Trinajstić information content (AvgIpc) is 3.47. The summed E-state index contributed by atoms with van der Waals surface area (Å²) in [5, 5.41) is 11.9. The summed E-state index contributed by atoms with van der Waals surface area (Å²) < 4.78 is 66.5. The number of fused-ring (bicyclic) bond motifs is 2. The molecule has 0 N–H and O–H groups in total. The number of aryl methyl sites for hydroxylation is 1. The number of piperazine rings is 1. The maximum absolute atomic E-state index is 13.0. The lowest BCUT2D eigenvalue weighted by atomic mass is 9.71. The van der Waals surface area contributed by atoms with Crippen LogP contribution in [0.25, 0.3) is 21.8 Å². The van der Waals surface area contributed by atoms with Crippen molar-refractivity contribution in [1.29, 1.82) is 5.26 Å². The zero-order valence-electron chi connectivity index (χ0n) is 30.2. The average molecular weight is 737 g/mol. The Morgan fingerprint density at radius 2 is 1.65 bits per heavy atom. The first-order valence-electron chi connectivity index (χ1n) is 18.2. The van der Waals surface area contributed by atoms with E-state index in [1.54, 1.807) is 10.4 Å². The summed E-state index contributed by atoms with van der Waals surface area (Å²) in [7, 11) is -3.18. The number of nitrogens with zero attached hydrogens (tertiary/aromatic N) is 8. The molecule has 5 heterocycles. The van der Waals surface area contributed by atoms with Gasteiger partial charge in [-0.1, -0.05) is 12.1 Å². The highest BCUT2D eigenvalue weighted by Gasteiger charge is 2.38. The van der Waals surface area contributed by atoms with Crippen molar-refractivity contribution in [3.63, 3.8) is 0 Å². The van der Waals surface area contributed by atoms with Crippen molar-refractivity contribution < 1.29 is 21.6 Å². The van der Waals surface area contributed by atoms with Crippen LogP contribution in [0.3, 0.4) is 0 Å². The summed E-state index contributed by atoms with van der Waals surface area (Å²) in [5.41, 5.74) is 5.16. The number of anilines is 1. The minimum absolute atomic E-state index is 0.191. The lowest BCUT2D eigenvalue weighted by Gasteiger charge is -2.47. The maximum Gasteiger partial charge on any atom is 0.393 e. The largest absolute Gasteiger partial charge is 0.393 e. The summed E-state index contributed by atoms with van der Waals surface area (Å²) in [6.07, 6.45) is 3.79. The van der Waals surface area contributed by atoms with Crippen molar-refractivity contribution in [2.24, 2.45) is 5.41 Å². The van der Waals surface area contributed by atoms with Gasteiger partial charge in [-0.2, -0.15) is 22.7 Å².